The van der Waals surface area contributed by atoms with Gasteiger partial charge in [-0.1, -0.05) is 11.6 Å². The number of anilines is 1. The summed E-state index contributed by atoms with van der Waals surface area (Å²) in [7, 11) is 3.35. The summed E-state index contributed by atoms with van der Waals surface area (Å²) in [5.41, 5.74) is 1.54. The molecule has 1 fully saturated rings. The Hall–Kier alpha value is -3.92. The lowest BCUT2D eigenvalue weighted by Crippen LogP contribution is -2.57. The number of nitrogens with one attached hydrogen (secondary N) is 4. The number of carbonyl (C=O) groups excluding carboxylic acids is 4. The molecule has 1 aliphatic rings. The zero-order valence-electron chi connectivity index (χ0n) is 19.9. The molecular weight excluding hydrogens is 484 g/mol. The highest BCUT2D eigenvalue weighted by atomic mass is 35.5. The predicted molar refractivity (Wildman–Crippen MR) is 135 cm³/mol. The van der Waals surface area contributed by atoms with E-state index in [1.54, 1.807) is 50.5 Å². The highest BCUT2D eigenvalue weighted by Gasteiger charge is 2.37. The molecule has 0 aliphatic heterocycles. The van der Waals surface area contributed by atoms with Gasteiger partial charge in [-0.15, -0.1) is 0 Å². The van der Waals surface area contributed by atoms with Crippen molar-refractivity contribution in [1.29, 1.82) is 0 Å². The Morgan fingerprint density at radius 1 is 0.972 bits per heavy atom. The van der Waals surface area contributed by atoms with Crippen LogP contribution in [0.15, 0.2) is 48.8 Å². The maximum atomic E-state index is 13.0. The van der Waals surface area contributed by atoms with Crippen molar-refractivity contribution in [1.82, 2.24) is 25.5 Å². The van der Waals surface area contributed by atoms with Crippen molar-refractivity contribution >= 4 is 51.8 Å². The van der Waals surface area contributed by atoms with E-state index in [0.717, 1.165) is 10.9 Å². The first kappa shape index (κ1) is 25.2. The summed E-state index contributed by atoms with van der Waals surface area (Å²) in [5, 5.41) is 9.56. The van der Waals surface area contributed by atoms with Gasteiger partial charge in [0, 0.05) is 60.1 Å². The molecule has 0 saturated heterocycles. The highest BCUT2D eigenvalue weighted by Crippen LogP contribution is 2.27. The number of aromatic amines is 1. The second-order valence-electron chi connectivity index (χ2n) is 9.01. The van der Waals surface area contributed by atoms with Gasteiger partial charge in [0.2, 0.25) is 5.91 Å². The van der Waals surface area contributed by atoms with Gasteiger partial charge < -0.3 is 25.8 Å². The van der Waals surface area contributed by atoms with Crippen LogP contribution in [0.4, 0.5) is 5.69 Å². The Balaban J connectivity index is 1.48. The van der Waals surface area contributed by atoms with Gasteiger partial charge in [-0.2, -0.15) is 0 Å². The maximum absolute atomic E-state index is 13.0. The third kappa shape index (κ3) is 5.83. The van der Waals surface area contributed by atoms with Crippen LogP contribution < -0.4 is 16.0 Å². The number of rotatable bonds is 5. The van der Waals surface area contributed by atoms with E-state index in [4.69, 9.17) is 11.6 Å². The first-order valence-electron chi connectivity index (χ1n) is 11.5. The SMILES string of the molecule is CN(C)C(=O)[C@H]1CC[C@@H](NC(=O)c2cc3cc(Cl)ccc3[nH]2)[C@H](NC(=O)C(=O)Nc2ccncc2)C1. The molecule has 1 aliphatic carbocycles. The van der Waals surface area contributed by atoms with Gasteiger partial charge in [0.15, 0.2) is 0 Å². The number of hydrogen-bond acceptors (Lipinski definition) is 5. The molecule has 11 heteroatoms. The maximum Gasteiger partial charge on any atom is 0.313 e. The number of amides is 4. The minimum atomic E-state index is -0.853. The van der Waals surface area contributed by atoms with Crippen LogP contribution in [0, 0.1) is 5.92 Å². The average molecular weight is 511 g/mol. The van der Waals surface area contributed by atoms with Crippen LogP contribution in [0.2, 0.25) is 5.02 Å². The van der Waals surface area contributed by atoms with E-state index in [0.29, 0.717) is 35.7 Å². The molecule has 0 radical (unpaired) electrons. The summed E-state index contributed by atoms with van der Waals surface area (Å²) in [5.74, 6) is -2.45. The van der Waals surface area contributed by atoms with E-state index in [1.165, 1.54) is 17.3 Å². The molecule has 4 N–H and O–H groups in total. The summed E-state index contributed by atoms with van der Waals surface area (Å²) < 4.78 is 0. The van der Waals surface area contributed by atoms with E-state index in [-0.39, 0.29) is 17.7 Å². The topological polar surface area (TPSA) is 136 Å². The third-order valence-electron chi connectivity index (χ3n) is 6.25. The molecule has 3 aromatic rings. The number of hydrogen-bond donors (Lipinski definition) is 4. The van der Waals surface area contributed by atoms with Crippen LogP contribution in [0.3, 0.4) is 0 Å². The number of H-pyrrole nitrogens is 1. The molecule has 3 atom stereocenters. The molecule has 1 aromatic carbocycles. The summed E-state index contributed by atoms with van der Waals surface area (Å²) in [6, 6.07) is 9.01. The van der Waals surface area contributed by atoms with Crippen molar-refractivity contribution in [3.05, 3.63) is 59.5 Å². The Bertz CT molecular complexity index is 1290. The van der Waals surface area contributed by atoms with Crippen LogP contribution in [-0.2, 0) is 14.4 Å². The van der Waals surface area contributed by atoms with Crippen molar-refractivity contribution in [3.8, 4) is 0 Å². The van der Waals surface area contributed by atoms with Gasteiger partial charge in [-0.05, 0) is 55.7 Å². The van der Waals surface area contributed by atoms with E-state index >= 15 is 0 Å². The zero-order valence-corrected chi connectivity index (χ0v) is 20.6. The first-order valence-corrected chi connectivity index (χ1v) is 11.9. The van der Waals surface area contributed by atoms with Crippen LogP contribution in [0.5, 0.6) is 0 Å². The fourth-order valence-electron chi connectivity index (χ4n) is 4.42. The summed E-state index contributed by atoms with van der Waals surface area (Å²) in [6.45, 7) is 0. The van der Waals surface area contributed by atoms with Crippen LogP contribution >= 0.6 is 11.6 Å². The van der Waals surface area contributed by atoms with E-state index in [9.17, 15) is 19.2 Å². The minimum absolute atomic E-state index is 0.0623. The van der Waals surface area contributed by atoms with Crippen molar-refractivity contribution in [2.75, 3.05) is 19.4 Å². The average Bonchev–Trinajstić information content (AvgIpc) is 3.28. The van der Waals surface area contributed by atoms with Crippen LogP contribution in [-0.4, -0.2) is 64.7 Å². The normalized spacial score (nSPS) is 19.4. The van der Waals surface area contributed by atoms with E-state index < -0.39 is 23.9 Å². The Labute approximate surface area is 212 Å². The number of benzene rings is 1. The molecular formula is C25H27ClN6O4. The second-order valence-corrected chi connectivity index (χ2v) is 9.44. The number of fused-ring (bicyclic) bond motifs is 1. The Morgan fingerprint density at radius 3 is 2.44 bits per heavy atom. The van der Waals surface area contributed by atoms with E-state index in [1.807, 2.05) is 0 Å². The molecule has 188 valence electrons. The van der Waals surface area contributed by atoms with Crippen LogP contribution in [0.25, 0.3) is 10.9 Å². The number of carbonyl (C=O) groups is 4. The molecule has 1 saturated carbocycles. The van der Waals surface area contributed by atoms with Crippen LogP contribution in [0.1, 0.15) is 29.8 Å². The molecule has 2 heterocycles. The second kappa shape index (κ2) is 10.8. The van der Waals surface area contributed by atoms with Gasteiger partial charge in [0.1, 0.15) is 5.69 Å². The molecule has 2 aromatic heterocycles. The summed E-state index contributed by atoms with van der Waals surface area (Å²) in [4.78, 5) is 59.3. The van der Waals surface area contributed by atoms with Gasteiger partial charge in [-0.3, -0.25) is 24.2 Å². The van der Waals surface area contributed by atoms with Gasteiger partial charge >= 0.3 is 11.8 Å². The number of pyridine rings is 1. The standard InChI is InChI=1S/C25H27ClN6O4/c1-32(2)25(36)14-3-5-19(30-22(33)21-13-15-11-16(26)4-6-18(15)29-21)20(12-14)31-24(35)23(34)28-17-7-9-27-10-8-17/h4,6-11,13-14,19-20,29H,3,5,12H2,1-2H3,(H,30,33)(H,31,35)(H,27,28,34)/t14-,19+,20+/m0/s1. The zero-order chi connectivity index (χ0) is 25.8. The predicted octanol–water partition coefficient (Wildman–Crippen LogP) is 2.33. The number of aromatic nitrogens is 2. The Kier molecular flexibility index (Phi) is 7.54. The first-order chi connectivity index (χ1) is 17.2. The van der Waals surface area contributed by atoms with Crippen molar-refractivity contribution in [2.24, 2.45) is 5.92 Å². The largest absolute Gasteiger partial charge is 0.351 e. The number of halogens is 1. The monoisotopic (exact) mass is 510 g/mol. The quantitative estimate of drug-likeness (QED) is 0.390. The Morgan fingerprint density at radius 2 is 1.72 bits per heavy atom. The molecule has 4 amide bonds. The molecule has 0 spiro atoms. The minimum Gasteiger partial charge on any atom is -0.351 e. The lowest BCUT2D eigenvalue weighted by molar-refractivity contribution is -0.138. The summed E-state index contributed by atoms with van der Waals surface area (Å²) in [6.07, 6.45) is 4.28. The van der Waals surface area contributed by atoms with E-state index in [2.05, 4.69) is 25.9 Å². The molecule has 0 unspecified atom stereocenters. The fourth-order valence-corrected chi connectivity index (χ4v) is 4.60. The van der Waals surface area contributed by atoms with Gasteiger partial charge in [-0.25, -0.2) is 0 Å². The molecule has 0 bridgehead atoms. The summed E-state index contributed by atoms with van der Waals surface area (Å²) >= 11 is 6.05. The highest BCUT2D eigenvalue weighted by molar-refractivity contribution is 6.39. The smallest absolute Gasteiger partial charge is 0.313 e. The molecule has 10 nitrogen and oxygen atoms in total. The number of nitrogens with zero attached hydrogens (tertiary/aromatic N) is 2. The lowest BCUT2D eigenvalue weighted by atomic mass is 9.81. The van der Waals surface area contributed by atoms with Crippen molar-refractivity contribution in [2.45, 2.75) is 31.3 Å². The third-order valence-corrected chi connectivity index (χ3v) is 6.48. The molecule has 4 rings (SSSR count). The van der Waals surface area contributed by atoms with Crippen molar-refractivity contribution in [3.63, 3.8) is 0 Å². The lowest BCUT2D eigenvalue weighted by Gasteiger charge is -2.37. The fraction of sp³-hybridized carbons (Fsp3) is 0.320. The van der Waals surface area contributed by atoms with Gasteiger partial charge in [0.25, 0.3) is 5.91 Å². The van der Waals surface area contributed by atoms with Crippen molar-refractivity contribution < 1.29 is 19.2 Å². The molecule has 36 heavy (non-hydrogen) atoms. The van der Waals surface area contributed by atoms with Gasteiger partial charge in [0.05, 0.1) is 6.04 Å².